The van der Waals surface area contributed by atoms with Gasteiger partial charge in [0.15, 0.2) is 0 Å². The number of methoxy groups -OCH3 is 1. The third-order valence-corrected chi connectivity index (χ3v) is 7.17. The van der Waals surface area contributed by atoms with Crippen molar-refractivity contribution < 1.29 is 4.74 Å². The summed E-state index contributed by atoms with van der Waals surface area (Å²) in [7, 11) is 1.72. The molecule has 0 radical (unpaired) electrons. The van der Waals surface area contributed by atoms with Crippen LogP contribution in [0, 0.1) is 0 Å². The van der Waals surface area contributed by atoms with Gasteiger partial charge in [-0.25, -0.2) is 4.68 Å². The second-order valence-corrected chi connectivity index (χ2v) is 9.20. The van der Waals surface area contributed by atoms with Crippen LogP contribution >= 0.6 is 0 Å². The molecule has 1 aliphatic rings. The van der Waals surface area contributed by atoms with Crippen molar-refractivity contribution >= 4 is 0 Å². The summed E-state index contributed by atoms with van der Waals surface area (Å²) in [6.45, 7) is 0. The topological polar surface area (TPSA) is 27.1 Å². The van der Waals surface area contributed by atoms with E-state index in [1.54, 1.807) is 7.11 Å². The van der Waals surface area contributed by atoms with Crippen LogP contribution < -0.4 is 4.74 Å². The quantitative estimate of drug-likeness (QED) is 0.275. The SMILES string of the molecule is COc1ccc(C2Cc3c(c(-c4ccccc4)nn3-c3ccccc3)C(c3ccccc3)C2)cc1. The third kappa shape index (κ3) is 4.04. The first-order chi connectivity index (χ1) is 17.3. The van der Waals surface area contributed by atoms with Crippen LogP contribution in [0.3, 0.4) is 0 Å². The minimum Gasteiger partial charge on any atom is -0.497 e. The lowest BCUT2D eigenvalue weighted by Gasteiger charge is -2.31. The van der Waals surface area contributed by atoms with Crippen molar-refractivity contribution in [2.75, 3.05) is 7.11 Å². The molecular formula is C32H28N2O. The van der Waals surface area contributed by atoms with E-state index >= 15 is 0 Å². The molecule has 6 rings (SSSR count). The molecule has 2 atom stereocenters. The average molecular weight is 457 g/mol. The minimum atomic E-state index is 0.264. The zero-order valence-electron chi connectivity index (χ0n) is 19.8. The minimum absolute atomic E-state index is 0.264. The highest BCUT2D eigenvalue weighted by Crippen LogP contribution is 2.47. The number of fused-ring (bicyclic) bond motifs is 1. The van der Waals surface area contributed by atoms with Crippen LogP contribution in [-0.4, -0.2) is 16.9 Å². The normalized spacial score (nSPS) is 17.1. The molecule has 3 nitrogen and oxygen atoms in total. The van der Waals surface area contributed by atoms with E-state index in [1.165, 1.54) is 27.9 Å². The second-order valence-electron chi connectivity index (χ2n) is 9.20. The Morgan fingerprint density at radius 2 is 1.34 bits per heavy atom. The van der Waals surface area contributed by atoms with Gasteiger partial charge in [-0.3, -0.25) is 0 Å². The maximum Gasteiger partial charge on any atom is 0.118 e. The lowest BCUT2D eigenvalue weighted by atomic mass is 9.73. The number of nitrogens with zero attached hydrogens (tertiary/aromatic N) is 2. The Balaban J connectivity index is 1.56. The summed E-state index contributed by atoms with van der Waals surface area (Å²) in [5, 5.41) is 5.26. The van der Waals surface area contributed by atoms with Crippen molar-refractivity contribution in [1.29, 1.82) is 0 Å². The van der Waals surface area contributed by atoms with Crippen LogP contribution in [0.2, 0.25) is 0 Å². The first-order valence-electron chi connectivity index (χ1n) is 12.2. The average Bonchev–Trinajstić information content (AvgIpc) is 3.34. The Kier molecular flexibility index (Phi) is 5.67. The molecule has 0 fully saturated rings. The predicted molar refractivity (Wildman–Crippen MR) is 141 cm³/mol. The Labute approximate surface area is 206 Å². The summed E-state index contributed by atoms with van der Waals surface area (Å²) >= 11 is 0. The maximum absolute atomic E-state index is 5.42. The van der Waals surface area contributed by atoms with Gasteiger partial charge in [0.25, 0.3) is 0 Å². The van der Waals surface area contributed by atoms with Crippen LogP contribution in [-0.2, 0) is 6.42 Å². The maximum atomic E-state index is 5.42. The van der Waals surface area contributed by atoms with E-state index < -0.39 is 0 Å². The van der Waals surface area contributed by atoms with Gasteiger partial charge >= 0.3 is 0 Å². The number of hydrogen-bond donors (Lipinski definition) is 0. The molecule has 0 spiro atoms. The fourth-order valence-corrected chi connectivity index (χ4v) is 5.46. The number of ether oxygens (including phenoxy) is 1. The summed E-state index contributed by atoms with van der Waals surface area (Å²) in [5.74, 6) is 1.55. The molecule has 1 heterocycles. The van der Waals surface area contributed by atoms with Gasteiger partial charge < -0.3 is 4.74 Å². The van der Waals surface area contributed by atoms with E-state index in [1.807, 2.05) is 0 Å². The fourth-order valence-electron chi connectivity index (χ4n) is 5.46. The van der Waals surface area contributed by atoms with E-state index in [-0.39, 0.29) is 5.92 Å². The molecule has 0 amide bonds. The van der Waals surface area contributed by atoms with Crippen molar-refractivity contribution in [2.24, 2.45) is 0 Å². The van der Waals surface area contributed by atoms with Gasteiger partial charge in [-0.1, -0.05) is 91.0 Å². The van der Waals surface area contributed by atoms with Crippen molar-refractivity contribution in [3.8, 4) is 22.7 Å². The van der Waals surface area contributed by atoms with Gasteiger partial charge in [0.2, 0.25) is 0 Å². The van der Waals surface area contributed by atoms with Gasteiger partial charge in [0, 0.05) is 22.7 Å². The summed E-state index contributed by atoms with van der Waals surface area (Å²) < 4.78 is 7.60. The van der Waals surface area contributed by atoms with Crippen molar-refractivity contribution in [3.05, 3.63) is 138 Å². The molecule has 5 aromatic rings. The molecule has 0 saturated carbocycles. The van der Waals surface area contributed by atoms with Crippen molar-refractivity contribution in [2.45, 2.75) is 24.7 Å². The van der Waals surface area contributed by atoms with Crippen molar-refractivity contribution in [1.82, 2.24) is 9.78 Å². The Hall–Kier alpha value is -4.11. The predicted octanol–water partition coefficient (Wildman–Crippen LogP) is 7.41. The number of benzene rings is 4. The van der Waals surface area contributed by atoms with Gasteiger partial charge in [0.1, 0.15) is 5.75 Å². The van der Waals surface area contributed by atoms with Crippen LogP contribution in [0.15, 0.2) is 115 Å². The molecule has 35 heavy (non-hydrogen) atoms. The number of rotatable bonds is 5. The fraction of sp³-hybridized carbons (Fsp3) is 0.156. The first-order valence-corrected chi connectivity index (χ1v) is 12.2. The van der Waals surface area contributed by atoms with E-state index in [9.17, 15) is 0 Å². The number of aromatic nitrogens is 2. The molecule has 0 aliphatic heterocycles. The smallest absolute Gasteiger partial charge is 0.118 e. The molecule has 0 saturated heterocycles. The molecular weight excluding hydrogens is 428 g/mol. The molecule has 1 aliphatic carbocycles. The van der Waals surface area contributed by atoms with E-state index in [4.69, 9.17) is 9.84 Å². The zero-order valence-corrected chi connectivity index (χ0v) is 19.8. The molecule has 4 aromatic carbocycles. The van der Waals surface area contributed by atoms with Gasteiger partial charge in [-0.2, -0.15) is 5.10 Å². The molecule has 0 N–H and O–H groups in total. The number of hydrogen-bond acceptors (Lipinski definition) is 2. The van der Waals surface area contributed by atoms with Gasteiger partial charge in [-0.05, 0) is 54.2 Å². The molecule has 172 valence electrons. The van der Waals surface area contributed by atoms with Gasteiger partial charge in [-0.15, -0.1) is 0 Å². The molecule has 0 bridgehead atoms. The van der Waals surface area contributed by atoms with Crippen LogP contribution in [0.25, 0.3) is 16.9 Å². The Morgan fingerprint density at radius 1 is 0.714 bits per heavy atom. The Morgan fingerprint density at radius 3 is 2.00 bits per heavy atom. The first kappa shape index (κ1) is 21.4. The zero-order chi connectivity index (χ0) is 23.6. The third-order valence-electron chi connectivity index (χ3n) is 7.17. The van der Waals surface area contributed by atoms with Crippen LogP contribution in [0.1, 0.15) is 40.6 Å². The molecule has 2 unspecified atom stereocenters. The molecule has 1 aromatic heterocycles. The highest BCUT2D eigenvalue weighted by Gasteiger charge is 2.35. The monoisotopic (exact) mass is 456 g/mol. The highest BCUT2D eigenvalue weighted by molar-refractivity contribution is 5.68. The summed E-state index contributed by atoms with van der Waals surface area (Å²) in [5.41, 5.74) is 8.71. The van der Waals surface area contributed by atoms with E-state index in [0.29, 0.717) is 5.92 Å². The van der Waals surface area contributed by atoms with Gasteiger partial charge in [0.05, 0.1) is 18.5 Å². The lowest BCUT2D eigenvalue weighted by molar-refractivity contribution is 0.414. The summed E-state index contributed by atoms with van der Waals surface area (Å²) in [6.07, 6.45) is 1.99. The Bertz CT molecular complexity index is 1410. The summed E-state index contributed by atoms with van der Waals surface area (Å²) in [6, 6.07) is 40.7. The van der Waals surface area contributed by atoms with E-state index in [2.05, 4.69) is 120 Å². The van der Waals surface area contributed by atoms with Crippen LogP contribution in [0.4, 0.5) is 0 Å². The standard InChI is InChI=1S/C32H28N2O/c1-35-28-19-17-23(18-20-28)26-21-29(24-11-5-2-6-12-24)31-30(22-26)34(27-15-9-4-10-16-27)33-32(31)25-13-7-3-8-14-25/h2-20,26,29H,21-22H2,1H3. The van der Waals surface area contributed by atoms with E-state index in [0.717, 1.165) is 30.0 Å². The van der Waals surface area contributed by atoms with Crippen molar-refractivity contribution in [3.63, 3.8) is 0 Å². The second kappa shape index (κ2) is 9.27. The largest absolute Gasteiger partial charge is 0.497 e. The highest BCUT2D eigenvalue weighted by atomic mass is 16.5. The van der Waals surface area contributed by atoms with Crippen LogP contribution in [0.5, 0.6) is 5.75 Å². The lowest BCUT2D eigenvalue weighted by Crippen LogP contribution is -2.20. The summed E-state index contributed by atoms with van der Waals surface area (Å²) in [4.78, 5) is 0. The molecule has 3 heteroatoms. The number of para-hydroxylation sites is 1.